The Hall–Kier alpha value is -3.74. The molecule has 0 amide bonds. The maximum absolute atomic E-state index is 5.50. The minimum absolute atomic E-state index is 0.313. The molecule has 2 aliphatic rings. The van der Waals surface area contributed by atoms with Crippen LogP contribution >= 0.6 is 0 Å². The molecule has 4 aromatic rings. The van der Waals surface area contributed by atoms with Gasteiger partial charge in [0, 0.05) is 13.1 Å². The van der Waals surface area contributed by atoms with E-state index in [0.717, 1.165) is 62.0 Å². The van der Waals surface area contributed by atoms with Crippen molar-refractivity contribution in [3.8, 4) is 23.0 Å². The van der Waals surface area contributed by atoms with Crippen LogP contribution in [0.1, 0.15) is 22.3 Å². The summed E-state index contributed by atoms with van der Waals surface area (Å²) >= 11 is 0. The van der Waals surface area contributed by atoms with Crippen LogP contribution in [0.15, 0.2) is 72.8 Å². The highest BCUT2D eigenvalue weighted by atomic mass is 16.7. The number of ether oxygens (including phenoxy) is 4. The average molecular weight is 483 g/mol. The van der Waals surface area contributed by atoms with Gasteiger partial charge in [0.2, 0.25) is 13.6 Å². The van der Waals surface area contributed by atoms with Crippen molar-refractivity contribution < 1.29 is 18.9 Å². The van der Waals surface area contributed by atoms with Crippen LogP contribution in [0.3, 0.4) is 0 Å². The van der Waals surface area contributed by atoms with Crippen molar-refractivity contribution in [1.82, 2.24) is 10.6 Å². The van der Waals surface area contributed by atoms with Crippen molar-refractivity contribution in [3.63, 3.8) is 0 Å². The topological polar surface area (TPSA) is 61.0 Å². The molecule has 6 heteroatoms. The molecule has 4 aromatic carbocycles. The fraction of sp³-hybridized carbons (Fsp3) is 0.267. The zero-order valence-electron chi connectivity index (χ0n) is 20.2. The maximum atomic E-state index is 5.50. The highest BCUT2D eigenvalue weighted by Crippen LogP contribution is 2.33. The first-order chi connectivity index (χ1) is 17.8. The van der Waals surface area contributed by atoms with Gasteiger partial charge in [0.25, 0.3) is 0 Å². The maximum Gasteiger partial charge on any atom is 0.231 e. The molecule has 36 heavy (non-hydrogen) atoms. The van der Waals surface area contributed by atoms with Crippen LogP contribution in [0.2, 0.25) is 0 Å². The third-order valence-electron chi connectivity index (χ3n) is 6.76. The average Bonchev–Trinajstić information content (AvgIpc) is 3.58. The fourth-order valence-electron chi connectivity index (χ4n) is 4.90. The second kappa shape index (κ2) is 10.5. The summed E-state index contributed by atoms with van der Waals surface area (Å²) in [5.74, 6) is 3.36. The molecule has 2 aliphatic heterocycles. The van der Waals surface area contributed by atoms with Crippen molar-refractivity contribution in [2.45, 2.75) is 25.9 Å². The van der Waals surface area contributed by atoms with Gasteiger partial charge in [-0.3, -0.25) is 0 Å². The van der Waals surface area contributed by atoms with E-state index >= 15 is 0 Å². The molecule has 0 aliphatic carbocycles. The van der Waals surface area contributed by atoms with E-state index in [4.69, 9.17) is 18.9 Å². The lowest BCUT2D eigenvalue weighted by Crippen LogP contribution is -2.19. The standard InChI is InChI=1S/C30H30N2O4/c1-3-23-4-2-6-25(18-32-14-12-22-8-10-27-29(16-22)36-20-34-27)30(23)24(5-1)17-31-13-11-21-7-9-26-28(15-21)35-19-33-26/h1-10,15-16,31-32H,11-14,17-20H2. The van der Waals surface area contributed by atoms with E-state index < -0.39 is 0 Å². The van der Waals surface area contributed by atoms with Gasteiger partial charge in [-0.1, -0.05) is 48.5 Å². The van der Waals surface area contributed by atoms with E-state index in [1.807, 2.05) is 12.1 Å². The van der Waals surface area contributed by atoms with Gasteiger partial charge >= 0.3 is 0 Å². The lowest BCUT2D eigenvalue weighted by Gasteiger charge is -2.14. The normalized spacial score (nSPS) is 13.4. The van der Waals surface area contributed by atoms with Gasteiger partial charge in [-0.25, -0.2) is 0 Å². The number of rotatable bonds is 10. The van der Waals surface area contributed by atoms with E-state index in [2.05, 4.69) is 71.3 Å². The Labute approximate surface area is 211 Å². The number of benzene rings is 4. The SMILES string of the molecule is c1cc(CNCCc2ccc3c(c2)OCO3)c2c(CNCCc3ccc4c(c3)OCO4)cccc2c1. The molecule has 0 fully saturated rings. The summed E-state index contributed by atoms with van der Waals surface area (Å²) in [6.07, 6.45) is 1.88. The predicted octanol–water partition coefficient (Wildman–Crippen LogP) is 4.96. The quantitative estimate of drug-likeness (QED) is 0.312. The Morgan fingerprint density at radius 1 is 0.556 bits per heavy atom. The van der Waals surface area contributed by atoms with Crippen LogP contribution in [0.25, 0.3) is 10.8 Å². The number of hydrogen-bond donors (Lipinski definition) is 2. The highest BCUT2D eigenvalue weighted by molar-refractivity contribution is 5.88. The Kier molecular flexibility index (Phi) is 6.61. The molecule has 0 atom stereocenters. The van der Waals surface area contributed by atoms with Crippen molar-refractivity contribution in [1.29, 1.82) is 0 Å². The lowest BCUT2D eigenvalue weighted by molar-refractivity contribution is 0.173. The first-order valence-corrected chi connectivity index (χ1v) is 12.5. The number of fused-ring (bicyclic) bond motifs is 3. The molecule has 0 bridgehead atoms. The summed E-state index contributed by atoms with van der Waals surface area (Å²) in [5, 5.41) is 9.88. The summed E-state index contributed by atoms with van der Waals surface area (Å²) in [4.78, 5) is 0. The second-order valence-electron chi connectivity index (χ2n) is 9.16. The Morgan fingerprint density at radius 2 is 1.06 bits per heavy atom. The largest absolute Gasteiger partial charge is 0.454 e. The fourth-order valence-corrected chi connectivity index (χ4v) is 4.90. The third kappa shape index (κ3) is 4.96. The van der Waals surface area contributed by atoms with Gasteiger partial charge < -0.3 is 29.6 Å². The van der Waals surface area contributed by atoms with E-state index in [0.29, 0.717) is 13.6 Å². The third-order valence-corrected chi connectivity index (χ3v) is 6.76. The molecule has 184 valence electrons. The smallest absolute Gasteiger partial charge is 0.231 e. The van der Waals surface area contributed by atoms with Crippen LogP contribution in [0.5, 0.6) is 23.0 Å². The minimum Gasteiger partial charge on any atom is -0.454 e. The van der Waals surface area contributed by atoms with Gasteiger partial charge in [-0.2, -0.15) is 0 Å². The summed E-state index contributed by atoms with van der Waals surface area (Å²) in [5.41, 5.74) is 5.15. The number of nitrogens with one attached hydrogen (secondary N) is 2. The molecule has 2 heterocycles. The van der Waals surface area contributed by atoms with Crippen LogP contribution in [-0.2, 0) is 25.9 Å². The molecule has 0 unspecified atom stereocenters. The lowest BCUT2D eigenvalue weighted by atomic mass is 9.99. The van der Waals surface area contributed by atoms with E-state index in [-0.39, 0.29) is 0 Å². The van der Waals surface area contributed by atoms with Gasteiger partial charge in [-0.15, -0.1) is 0 Å². The molecular formula is C30H30N2O4. The highest BCUT2D eigenvalue weighted by Gasteiger charge is 2.14. The second-order valence-corrected chi connectivity index (χ2v) is 9.16. The van der Waals surface area contributed by atoms with Crippen LogP contribution in [0, 0.1) is 0 Å². The summed E-state index contributed by atoms with van der Waals surface area (Å²) in [7, 11) is 0. The Morgan fingerprint density at radius 3 is 1.58 bits per heavy atom. The molecular weight excluding hydrogens is 452 g/mol. The molecule has 0 saturated carbocycles. The summed E-state index contributed by atoms with van der Waals surface area (Å²) in [6, 6.07) is 25.5. The van der Waals surface area contributed by atoms with Gasteiger partial charge in [0.15, 0.2) is 23.0 Å². The van der Waals surface area contributed by atoms with Crippen LogP contribution in [0.4, 0.5) is 0 Å². The molecule has 0 radical (unpaired) electrons. The van der Waals surface area contributed by atoms with Gasteiger partial charge in [-0.05, 0) is 83.2 Å². The molecule has 6 nitrogen and oxygen atoms in total. The minimum atomic E-state index is 0.313. The first kappa shape index (κ1) is 22.7. The van der Waals surface area contributed by atoms with Gasteiger partial charge in [0.05, 0.1) is 0 Å². The number of hydrogen-bond acceptors (Lipinski definition) is 6. The Balaban J connectivity index is 1.05. The van der Waals surface area contributed by atoms with Gasteiger partial charge in [0.1, 0.15) is 0 Å². The Bertz CT molecular complexity index is 1270. The van der Waals surface area contributed by atoms with Crippen LogP contribution < -0.4 is 29.6 Å². The van der Waals surface area contributed by atoms with E-state index in [9.17, 15) is 0 Å². The summed E-state index contributed by atoms with van der Waals surface area (Å²) < 4.78 is 21.8. The zero-order chi connectivity index (χ0) is 24.2. The van der Waals surface area contributed by atoms with Crippen molar-refractivity contribution in [2.24, 2.45) is 0 Å². The zero-order valence-corrected chi connectivity index (χ0v) is 20.2. The van der Waals surface area contributed by atoms with Crippen molar-refractivity contribution >= 4 is 10.8 Å². The van der Waals surface area contributed by atoms with Crippen molar-refractivity contribution in [2.75, 3.05) is 26.7 Å². The molecule has 0 saturated heterocycles. The molecule has 0 aromatic heterocycles. The van der Waals surface area contributed by atoms with E-state index in [1.54, 1.807) is 0 Å². The molecule has 6 rings (SSSR count). The summed E-state index contributed by atoms with van der Waals surface area (Å²) in [6.45, 7) is 4.08. The predicted molar refractivity (Wildman–Crippen MR) is 140 cm³/mol. The first-order valence-electron chi connectivity index (χ1n) is 12.5. The monoisotopic (exact) mass is 482 g/mol. The molecule has 0 spiro atoms. The van der Waals surface area contributed by atoms with E-state index in [1.165, 1.54) is 33.0 Å². The van der Waals surface area contributed by atoms with Crippen molar-refractivity contribution in [3.05, 3.63) is 95.1 Å². The van der Waals surface area contributed by atoms with Crippen LogP contribution in [-0.4, -0.2) is 26.7 Å². The molecule has 2 N–H and O–H groups in total.